The van der Waals surface area contributed by atoms with Crippen LogP contribution < -0.4 is 0 Å². The van der Waals surface area contributed by atoms with Gasteiger partial charge in [-0.1, -0.05) is 61.5 Å². The molecule has 1 aliphatic heterocycles. The van der Waals surface area contributed by atoms with E-state index in [2.05, 4.69) is 90.5 Å². The first-order valence-corrected chi connectivity index (χ1v) is 10.6. The molecule has 6 rings (SSSR count). The number of nitrogens with zero attached hydrogens (tertiary/aromatic N) is 1. The molecule has 2 aliphatic rings. The summed E-state index contributed by atoms with van der Waals surface area (Å²) in [5.74, 6) is 2.03. The first kappa shape index (κ1) is 16.2. The van der Waals surface area contributed by atoms with E-state index in [1.54, 1.807) is 0 Å². The molecular weight excluding hydrogens is 338 g/mol. The number of aryl methyl sites for hydroxylation is 1. The maximum absolute atomic E-state index is 2.49. The molecule has 1 saturated carbocycles. The molecule has 1 heteroatoms. The Kier molecular flexibility index (Phi) is 3.53. The molecule has 4 aromatic rings. The van der Waals surface area contributed by atoms with Gasteiger partial charge in [-0.2, -0.15) is 0 Å². The molecule has 2 heterocycles. The van der Waals surface area contributed by atoms with Crippen molar-refractivity contribution in [2.45, 2.75) is 32.1 Å². The summed E-state index contributed by atoms with van der Waals surface area (Å²) in [6, 6.07) is 27.5. The molecule has 0 N–H and O–H groups in total. The molecule has 1 aromatic heterocycles. The molecule has 0 spiro atoms. The lowest BCUT2D eigenvalue weighted by Gasteiger charge is -2.27. The van der Waals surface area contributed by atoms with E-state index in [0.29, 0.717) is 5.92 Å². The van der Waals surface area contributed by atoms with E-state index < -0.39 is 0 Å². The van der Waals surface area contributed by atoms with Gasteiger partial charge in [-0.05, 0) is 76.8 Å². The summed E-state index contributed by atoms with van der Waals surface area (Å²) in [6.07, 6.45) is 5.88. The van der Waals surface area contributed by atoms with Crippen LogP contribution in [-0.4, -0.2) is 4.57 Å². The van der Waals surface area contributed by atoms with E-state index in [0.717, 1.165) is 18.3 Å². The Hall–Kier alpha value is -2.80. The van der Waals surface area contributed by atoms with Crippen molar-refractivity contribution in [1.29, 1.82) is 0 Å². The fourth-order valence-electron chi connectivity index (χ4n) is 5.44. The standard InChI is InChI=1S/C27H25N/c1-2-18-12-13-26-25(15-18)27(23-11-5-8-19-7-3-4-10-22(19)23)24-17-20(24)16-21-9-6-14-28(21)26/h3-15,20,24,27H,2,16-17H2,1H3/t20?,24?,27-/m0/s1. The average Bonchev–Trinajstić information content (AvgIpc) is 3.31. The lowest BCUT2D eigenvalue weighted by atomic mass is 9.81. The number of aromatic nitrogens is 1. The molecular formula is C27H25N. The van der Waals surface area contributed by atoms with Gasteiger partial charge in [-0.3, -0.25) is 0 Å². The van der Waals surface area contributed by atoms with Crippen molar-refractivity contribution in [3.8, 4) is 5.69 Å². The molecule has 2 unspecified atom stereocenters. The quantitative estimate of drug-likeness (QED) is 0.382. The number of fused-ring (bicyclic) bond motifs is 5. The average molecular weight is 364 g/mol. The monoisotopic (exact) mass is 363 g/mol. The SMILES string of the molecule is CCc1ccc2c(c1)[C@@H](c1cccc3ccccc13)C1CC1Cc1cccn1-2. The van der Waals surface area contributed by atoms with E-state index in [1.165, 1.54) is 51.7 Å². The fourth-order valence-corrected chi connectivity index (χ4v) is 5.44. The Morgan fingerprint density at radius 3 is 2.71 bits per heavy atom. The minimum atomic E-state index is 0.480. The van der Waals surface area contributed by atoms with E-state index >= 15 is 0 Å². The zero-order chi connectivity index (χ0) is 18.7. The second-order valence-corrected chi connectivity index (χ2v) is 8.53. The number of hydrogen-bond acceptors (Lipinski definition) is 0. The van der Waals surface area contributed by atoms with Crippen LogP contribution >= 0.6 is 0 Å². The van der Waals surface area contributed by atoms with Gasteiger partial charge in [0.2, 0.25) is 0 Å². The van der Waals surface area contributed by atoms with Crippen LogP contribution in [0.25, 0.3) is 16.5 Å². The van der Waals surface area contributed by atoms with Gasteiger partial charge in [-0.15, -0.1) is 0 Å². The molecule has 3 aromatic carbocycles. The van der Waals surface area contributed by atoms with Crippen LogP contribution in [0.5, 0.6) is 0 Å². The smallest absolute Gasteiger partial charge is 0.0490 e. The summed E-state index contributed by atoms with van der Waals surface area (Å²) >= 11 is 0. The van der Waals surface area contributed by atoms with E-state index in [1.807, 2.05) is 0 Å². The lowest BCUT2D eigenvalue weighted by Crippen LogP contribution is -2.15. The van der Waals surface area contributed by atoms with Crippen molar-refractivity contribution in [3.05, 3.63) is 101 Å². The molecule has 0 radical (unpaired) electrons. The minimum absolute atomic E-state index is 0.480. The van der Waals surface area contributed by atoms with Gasteiger partial charge in [0.15, 0.2) is 0 Å². The topological polar surface area (TPSA) is 4.93 Å². The highest BCUT2D eigenvalue weighted by Crippen LogP contribution is 2.56. The zero-order valence-electron chi connectivity index (χ0n) is 16.3. The van der Waals surface area contributed by atoms with Crippen molar-refractivity contribution in [2.24, 2.45) is 11.8 Å². The summed E-state index contributed by atoms with van der Waals surface area (Å²) in [4.78, 5) is 0. The molecule has 138 valence electrons. The second-order valence-electron chi connectivity index (χ2n) is 8.53. The normalized spacial score (nSPS) is 22.7. The Morgan fingerprint density at radius 2 is 1.79 bits per heavy atom. The summed E-state index contributed by atoms with van der Waals surface area (Å²) in [6.45, 7) is 2.26. The Morgan fingerprint density at radius 1 is 0.893 bits per heavy atom. The van der Waals surface area contributed by atoms with Crippen LogP contribution in [0.15, 0.2) is 79.0 Å². The zero-order valence-corrected chi connectivity index (χ0v) is 16.3. The van der Waals surface area contributed by atoms with Crippen molar-refractivity contribution in [3.63, 3.8) is 0 Å². The molecule has 1 nitrogen and oxygen atoms in total. The third-order valence-electron chi connectivity index (χ3n) is 6.96. The van der Waals surface area contributed by atoms with Crippen molar-refractivity contribution in [2.75, 3.05) is 0 Å². The van der Waals surface area contributed by atoms with Gasteiger partial charge >= 0.3 is 0 Å². The van der Waals surface area contributed by atoms with Crippen molar-refractivity contribution in [1.82, 2.24) is 4.57 Å². The van der Waals surface area contributed by atoms with Gasteiger partial charge in [-0.25, -0.2) is 0 Å². The van der Waals surface area contributed by atoms with Gasteiger partial charge in [0.05, 0.1) is 0 Å². The predicted molar refractivity (Wildman–Crippen MR) is 116 cm³/mol. The molecule has 1 aliphatic carbocycles. The molecule has 3 atom stereocenters. The minimum Gasteiger partial charge on any atom is -0.321 e. The van der Waals surface area contributed by atoms with Gasteiger partial charge < -0.3 is 4.57 Å². The molecule has 0 bridgehead atoms. The van der Waals surface area contributed by atoms with E-state index in [4.69, 9.17) is 0 Å². The van der Waals surface area contributed by atoms with Crippen LogP contribution in [0.4, 0.5) is 0 Å². The van der Waals surface area contributed by atoms with Gasteiger partial charge in [0.1, 0.15) is 0 Å². The maximum Gasteiger partial charge on any atom is 0.0490 e. The predicted octanol–water partition coefficient (Wildman–Crippen LogP) is 6.52. The van der Waals surface area contributed by atoms with Gasteiger partial charge in [0, 0.05) is 23.5 Å². The van der Waals surface area contributed by atoms with Gasteiger partial charge in [0.25, 0.3) is 0 Å². The Balaban J connectivity index is 1.65. The number of rotatable bonds is 2. The maximum atomic E-state index is 2.49. The first-order valence-electron chi connectivity index (χ1n) is 10.6. The Bertz CT molecular complexity index is 1180. The molecule has 1 fully saturated rings. The highest BCUT2D eigenvalue weighted by Gasteiger charge is 2.46. The Labute approximate surface area is 166 Å². The number of benzene rings is 3. The van der Waals surface area contributed by atoms with Crippen LogP contribution in [0, 0.1) is 11.8 Å². The van der Waals surface area contributed by atoms with Crippen LogP contribution in [-0.2, 0) is 12.8 Å². The summed E-state index contributed by atoms with van der Waals surface area (Å²) < 4.78 is 2.45. The highest BCUT2D eigenvalue weighted by atomic mass is 15.0. The fraction of sp³-hybridized carbons (Fsp3) is 0.259. The van der Waals surface area contributed by atoms with Crippen LogP contribution in [0.2, 0.25) is 0 Å². The molecule has 28 heavy (non-hydrogen) atoms. The molecule has 0 amide bonds. The van der Waals surface area contributed by atoms with Crippen LogP contribution in [0.1, 0.15) is 41.6 Å². The summed E-state index contributed by atoms with van der Waals surface area (Å²) in [5, 5.41) is 2.77. The summed E-state index contributed by atoms with van der Waals surface area (Å²) in [5.41, 5.74) is 7.31. The first-order chi connectivity index (χ1) is 13.8. The van der Waals surface area contributed by atoms with E-state index in [-0.39, 0.29) is 0 Å². The van der Waals surface area contributed by atoms with Crippen molar-refractivity contribution >= 4 is 10.8 Å². The molecule has 0 saturated heterocycles. The number of hydrogen-bond donors (Lipinski definition) is 0. The van der Waals surface area contributed by atoms with Crippen molar-refractivity contribution < 1.29 is 0 Å². The lowest BCUT2D eigenvalue weighted by molar-refractivity contribution is 0.600. The second kappa shape index (κ2) is 6.10. The van der Waals surface area contributed by atoms with E-state index in [9.17, 15) is 0 Å². The third kappa shape index (κ3) is 2.39. The highest BCUT2D eigenvalue weighted by molar-refractivity contribution is 5.87. The summed E-state index contributed by atoms with van der Waals surface area (Å²) in [7, 11) is 0. The third-order valence-corrected chi connectivity index (χ3v) is 6.96. The largest absolute Gasteiger partial charge is 0.321 e. The van der Waals surface area contributed by atoms with Crippen LogP contribution in [0.3, 0.4) is 0 Å².